The fraction of sp³-hybridized carbons (Fsp3) is 0.167. The van der Waals surface area contributed by atoms with Crippen LogP contribution < -0.4 is 10.1 Å². The summed E-state index contributed by atoms with van der Waals surface area (Å²) < 4.78 is 45.9. The van der Waals surface area contributed by atoms with Gasteiger partial charge in [0.15, 0.2) is 0 Å². The van der Waals surface area contributed by atoms with Gasteiger partial charge in [0.05, 0.1) is 11.6 Å². The van der Waals surface area contributed by atoms with Gasteiger partial charge in [-0.05, 0) is 60.8 Å². The number of ether oxygens (including phenoxy) is 1. The van der Waals surface area contributed by atoms with Gasteiger partial charge in [0.25, 0.3) is 5.91 Å². The van der Waals surface area contributed by atoms with Gasteiger partial charge in [0, 0.05) is 30.4 Å². The maximum atomic E-state index is 12.8. The van der Waals surface area contributed by atoms with Crippen molar-refractivity contribution in [3.63, 3.8) is 0 Å². The first-order valence-electron chi connectivity index (χ1n) is 9.88. The third-order valence-corrected chi connectivity index (χ3v) is 5.11. The molecular weight excluding hydrogens is 419 g/mol. The minimum absolute atomic E-state index is 0.239. The second kappa shape index (κ2) is 8.37. The van der Waals surface area contributed by atoms with Gasteiger partial charge in [0.1, 0.15) is 17.3 Å². The zero-order valence-electron chi connectivity index (χ0n) is 17.4. The number of alkyl halides is 3. The fourth-order valence-corrected chi connectivity index (χ4v) is 3.46. The lowest BCUT2D eigenvalue weighted by Crippen LogP contribution is -2.28. The number of nitrogens with one attached hydrogen (secondary N) is 1. The van der Waals surface area contributed by atoms with Crippen molar-refractivity contribution in [1.29, 1.82) is 0 Å². The Morgan fingerprint density at radius 3 is 2.50 bits per heavy atom. The smallest absolute Gasteiger partial charge is 0.416 e. The standard InChI is InChI=1S/C24H20F3N3O2/c1-15(22-28-12-13-30(22)2)29-23(31)17-6-11-20-16(14-17)4-3-5-21(20)32-19-9-7-18(8-10-19)24(25,26)27/h3-15H,1-2H3,(H,29,31)/t15-/m1/s1. The maximum absolute atomic E-state index is 12.8. The van der Waals surface area contributed by atoms with Crippen LogP contribution in [0, 0.1) is 0 Å². The molecule has 0 spiro atoms. The van der Waals surface area contributed by atoms with Crippen molar-refractivity contribution in [2.24, 2.45) is 7.05 Å². The number of rotatable bonds is 5. The van der Waals surface area contributed by atoms with E-state index in [-0.39, 0.29) is 17.7 Å². The summed E-state index contributed by atoms with van der Waals surface area (Å²) in [5, 5.41) is 4.44. The van der Waals surface area contributed by atoms with Crippen LogP contribution in [0.15, 0.2) is 73.1 Å². The average molecular weight is 439 g/mol. The van der Waals surface area contributed by atoms with Crippen LogP contribution >= 0.6 is 0 Å². The molecule has 0 aliphatic rings. The highest BCUT2D eigenvalue weighted by Crippen LogP contribution is 2.33. The molecule has 8 heteroatoms. The molecule has 0 aliphatic heterocycles. The summed E-state index contributed by atoms with van der Waals surface area (Å²) in [4.78, 5) is 17.0. The van der Waals surface area contributed by atoms with Crippen LogP contribution in [0.1, 0.15) is 34.7 Å². The van der Waals surface area contributed by atoms with E-state index >= 15 is 0 Å². The van der Waals surface area contributed by atoms with Gasteiger partial charge in [-0.2, -0.15) is 13.2 Å². The second-order valence-corrected chi connectivity index (χ2v) is 7.41. The molecule has 0 aliphatic carbocycles. The molecule has 4 rings (SSSR count). The van der Waals surface area contributed by atoms with Gasteiger partial charge in [-0.15, -0.1) is 0 Å². The number of aromatic nitrogens is 2. The Kier molecular flexibility index (Phi) is 5.61. The maximum Gasteiger partial charge on any atom is 0.416 e. The number of hydrogen-bond donors (Lipinski definition) is 1. The number of aryl methyl sites for hydroxylation is 1. The Morgan fingerprint density at radius 1 is 1.09 bits per heavy atom. The molecule has 0 radical (unpaired) electrons. The van der Waals surface area contributed by atoms with Crippen LogP contribution in [0.2, 0.25) is 0 Å². The Hall–Kier alpha value is -3.81. The van der Waals surface area contributed by atoms with Crippen LogP contribution in [-0.2, 0) is 13.2 Å². The SMILES string of the molecule is C[C@@H](NC(=O)c1ccc2c(Oc3ccc(C(F)(F)F)cc3)cccc2c1)c1nccn1C. The summed E-state index contributed by atoms with van der Waals surface area (Å²) in [6.07, 6.45) is -0.916. The van der Waals surface area contributed by atoms with Crippen molar-refractivity contribution in [3.8, 4) is 11.5 Å². The Labute approximate surface area is 182 Å². The van der Waals surface area contributed by atoms with E-state index in [4.69, 9.17) is 4.74 Å². The van der Waals surface area contributed by atoms with Crippen LogP contribution in [0.25, 0.3) is 10.8 Å². The predicted molar refractivity (Wildman–Crippen MR) is 115 cm³/mol. The third kappa shape index (κ3) is 4.44. The Bertz CT molecular complexity index is 1260. The lowest BCUT2D eigenvalue weighted by molar-refractivity contribution is -0.137. The molecule has 32 heavy (non-hydrogen) atoms. The van der Waals surface area contributed by atoms with Gasteiger partial charge < -0.3 is 14.6 Å². The summed E-state index contributed by atoms with van der Waals surface area (Å²) in [5.41, 5.74) is -0.261. The van der Waals surface area contributed by atoms with Crippen molar-refractivity contribution >= 4 is 16.7 Å². The quantitative estimate of drug-likeness (QED) is 0.423. The number of amides is 1. The molecule has 1 amide bonds. The van der Waals surface area contributed by atoms with E-state index in [9.17, 15) is 18.0 Å². The van der Waals surface area contributed by atoms with Gasteiger partial charge >= 0.3 is 6.18 Å². The molecule has 1 heterocycles. The number of hydrogen-bond acceptors (Lipinski definition) is 3. The first-order valence-corrected chi connectivity index (χ1v) is 9.88. The van der Waals surface area contributed by atoms with Crippen molar-refractivity contribution in [2.75, 3.05) is 0 Å². The lowest BCUT2D eigenvalue weighted by atomic mass is 10.1. The van der Waals surface area contributed by atoms with E-state index in [1.54, 1.807) is 36.5 Å². The van der Waals surface area contributed by atoms with Gasteiger partial charge in [-0.25, -0.2) is 4.98 Å². The zero-order chi connectivity index (χ0) is 22.9. The molecule has 0 saturated heterocycles. The van der Waals surface area contributed by atoms with Crippen LogP contribution in [-0.4, -0.2) is 15.5 Å². The molecule has 5 nitrogen and oxygen atoms in total. The molecule has 1 aromatic heterocycles. The molecule has 1 atom stereocenters. The summed E-state index contributed by atoms with van der Waals surface area (Å²) >= 11 is 0. The monoisotopic (exact) mass is 439 g/mol. The van der Waals surface area contributed by atoms with Crippen molar-refractivity contribution in [2.45, 2.75) is 19.1 Å². The summed E-state index contributed by atoms with van der Waals surface area (Å²) in [6.45, 7) is 1.86. The number of benzene rings is 3. The number of imidazole rings is 1. The fourth-order valence-electron chi connectivity index (χ4n) is 3.46. The minimum atomic E-state index is -4.40. The summed E-state index contributed by atoms with van der Waals surface area (Å²) in [6, 6.07) is 14.8. The van der Waals surface area contributed by atoms with Crippen LogP contribution in [0.3, 0.4) is 0 Å². The first-order chi connectivity index (χ1) is 15.2. The molecule has 0 unspecified atom stereocenters. The second-order valence-electron chi connectivity index (χ2n) is 7.41. The highest BCUT2D eigenvalue weighted by molar-refractivity contribution is 6.00. The number of fused-ring (bicyclic) bond motifs is 1. The minimum Gasteiger partial charge on any atom is -0.457 e. The lowest BCUT2D eigenvalue weighted by Gasteiger charge is -2.15. The van der Waals surface area contributed by atoms with Crippen molar-refractivity contribution in [3.05, 3.63) is 90.0 Å². The van der Waals surface area contributed by atoms with E-state index in [0.29, 0.717) is 11.3 Å². The summed E-state index contributed by atoms with van der Waals surface area (Å²) in [5.74, 6) is 1.27. The number of carbonyl (C=O) groups excluding carboxylic acids is 1. The molecule has 1 N–H and O–H groups in total. The molecule has 3 aromatic carbocycles. The Morgan fingerprint density at radius 2 is 1.84 bits per heavy atom. The molecule has 0 bridgehead atoms. The number of nitrogens with zero attached hydrogens (tertiary/aromatic N) is 2. The third-order valence-electron chi connectivity index (χ3n) is 5.11. The molecular formula is C24H20F3N3O2. The number of halogens is 3. The Balaban J connectivity index is 1.54. The normalized spacial score (nSPS) is 12.5. The van der Waals surface area contributed by atoms with E-state index < -0.39 is 11.7 Å². The van der Waals surface area contributed by atoms with Gasteiger partial charge in [-0.1, -0.05) is 12.1 Å². The van der Waals surface area contributed by atoms with Gasteiger partial charge in [-0.3, -0.25) is 4.79 Å². The predicted octanol–water partition coefficient (Wildman–Crippen LogP) is 5.88. The van der Waals surface area contributed by atoms with Crippen molar-refractivity contribution in [1.82, 2.24) is 14.9 Å². The van der Waals surface area contributed by atoms with Gasteiger partial charge in [0.2, 0.25) is 0 Å². The van der Waals surface area contributed by atoms with Crippen LogP contribution in [0.4, 0.5) is 13.2 Å². The topological polar surface area (TPSA) is 56.1 Å². The number of carbonyl (C=O) groups is 1. The first kappa shape index (κ1) is 21.4. The molecule has 0 saturated carbocycles. The zero-order valence-corrected chi connectivity index (χ0v) is 17.4. The van der Waals surface area contributed by atoms with Crippen LogP contribution in [0.5, 0.6) is 11.5 Å². The molecule has 0 fully saturated rings. The summed E-state index contributed by atoms with van der Waals surface area (Å²) in [7, 11) is 1.86. The molecule has 4 aromatic rings. The van der Waals surface area contributed by atoms with Crippen molar-refractivity contribution < 1.29 is 22.7 Å². The highest BCUT2D eigenvalue weighted by atomic mass is 19.4. The van der Waals surface area contributed by atoms with E-state index in [1.807, 2.05) is 30.8 Å². The van der Waals surface area contributed by atoms with E-state index in [0.717, 1.165) is 28.7 Å². The van der Waals surface area contributed by atoms with E-state index in [1.165, 1.54) is 12.1 Å². The average Bonchev–Trinajstić information content (AvgIpc) is 3.19. The molecule has 164 valence electrons. The van der Waals surface area contributed by atoms with E-state index in [2.05, 4.69) is 10.3 Å². The highest BCUT2D eigenvalue weighted by Gasteiger charge is 2.30. The largest absolute Gasteiger partial charge is 0.457 e.